The van der Waals surface area contributed by atoms with Gasteiger partial charge in [0.15, 0.2) is 13.2 Å². The minimum Gasteiger partial charge on any atom is -0.482 e. The summed E-state index contributed by atoms with van der Waals surface area (Å²) in [4.78, 5) is 23.3. The summed E-state index contributed by atoms with van der Waals surface area (Å²) in [6.07, 6.45) is 0. The second-order valence-electron chi connectivity index (χ2n) is 5.27. The second kappa shape index (κ2) is 8.10. The Labute approximate surface area is 139 Å². The molecule has 1 N–H and O–H groups in total. The highest BCUT2D eigenvalue weighted by molar-refractivity contribution is 5.93. The van der Waals surface area contributed by atoms with Crippen LogP contribution in [0.1, 0.15) is 11.1 Å². The number of nitrogens with one attached hydrogen (secondary N) is 1. The highest BCUT2D eigenvalue weighted by Crippen LogP contribution is 2.16. The Morgan fingerprint density at radius 3 is 2.58 bits per heavy atom. The van der Waals surface area contributed by atoms with Gasteiger partial charge < -0.3 is 14.8 Å². The first-order chi connectivity index (χ1) is 11.4. The van der Waals surface area contributed by atoms with Gasteiger partial charge in [0.1, 0.15) is 11.6 Å². The smallest absolute Gasteiger partial charge is 0.344 e. The van der Waals surface area contributed by atoms with E-state index in [2.05, 4.69) is 5.32 Å². The number of rotatable bonds is 6. The van der Waals surface area contributed by atoms with E-state index in [9.17, 15) is 14.0 Å². The molecule has 6 heteroatoms. The lowest BCUT2D eigenvalue weighted by molar-refractivity contribution is -0.149. The first kappa shape index (κ1) is 17.5. The number of carbonyl (C=O) groups is 2. The molecule has 1 amide bonds. The van der Waals surface area contributed by atoms with Crippen LogP contribution in [0.3, 0.4) is 0 Å². The fourth-order valence-electron chi connectivity index (χ4n) is 2.03. The van der Waals surface area contributed by atoms with Gasteiger partial charge in [-0.3, -0.25) is 4.79 Å². The third-order valence-corrected chi connectivity index (χ3v) is 3.17. The maximum absolute atomic E-state index is 13.0. The Hall–Kier alpha value is -2.89. The van der Waals surface area contributed by atoms with E-state index in [4.69, 9.17) is 9.47 Å². The first-order valence-corrected chi connectivity index (χ1v) is 7.35. The van der Waals surface area contributed by atoms with Gasteiger partial charge in [-0.25, -0.2) is 9.18 Å². The van der Waals surface area contributed by atoms with Crippen LogP contribution < -0.4 is 10.1 Å². The number of hydrogen-bond acceptors (Lipinski definition) is 4. The molecule has 24 heavy (non-hydrogen) atoms. The minimum absolute atomic E-state index is 0.215. The van der Waals surface area contributed by atoms with Crippen LogP contribution in [0.25, 0.3) is 0 Å². The topological polar surface area (TPSA) is 64.6 Å². The van der Waals surface area contributed by atoms with E-state index in [1.807, 2.05) is 26.0 Å². The highest BCUT2D eigenvalue weighted by Gasteiger charge is 2.10. The molecule has 0 aliphatic carbocycles. The molecule has 0 saturated carbocycles. The Morgan fingerprint density at radius 1 is 1.08 bits per heavy atom. The number of esters is 1. The van der Waals surface area contributed by atoms with E-state index in [0.29, 0.717) is 5.69 Å². The van der Waals surface area contributed by atoms with Crippen molar-refractivity contribution in [3.05, 3.63) is 59.4 Å². The molecule has 2 aromatic carbocycles. The highest BCUT2D eigenvalue weighted by atomic mass is 19.1. The Morgan fingerprint density at radius 2 is 1.88 bits per heavy atom. The van der Waals surface area contributed by atoms with E-state index in [0.717, 1.165) is 17.2 Å². The van der Waals surface area contributed by atoms with E-state index in [1.54, 1.807) is 6.07 Å². The van der Waals surface area contributed by atoms with Crippen LogP contribution in [0, 0.1) is 19.7 Å². The lowest BCUT2D eigenvalue weighted by Crippen LogP contribution is -2.24. The quantitative estimate of drug-likeness (QED) is 0.827. The molecule has 0 fully saturated rings. The largest absolute Gasteiger partial charge is 0.482 e. The molecule has 0 bridgehead atoms. The number of aryl methyl sites for hydroxylation is 2. The molecule has 0 radical (unpaired) electrons. The van der Waals surface area contributed by atoms with E-state index in [1.165, 1.54) is 18.2 Å². The van der Waals surface area contributed by atoms with Gasteiger partial charge in [-0.15, -0.1) is 0 Å². The van der Waals surface area contributed by atoms with Gasteiger partial charge in [-0.2, -0.15) is 0 Å². The molecule has 0 aliphatic rings. The first-order valence-electron chi connectivity index (χ1n) is 7.35. The number of hydrogen-bond donors (Lipinski definition) is 1. The van der Waals surface area contributed by atoms with Crippen LogP contribution in [0.15, 0.2) is 42.5 Å². The zero-order valence-corrected chi connectivity index (χ0v) is 13.5. The maximum Gasteiger partial charge on any atom is 0.344 e. The predicted molar refractivity (Wildman–Crippen MR) is 87.4 cm³/mol. The molecule has 2 rings (SSSR count). The van der Waals surface area contributed by atoms with Crippen LogP contribution in [0.2, 0.25) is 0 Å². The summed E-state index contributed by atoms with van der Waals surface area (Å²) in [6, 6.07) is 11.0. The van der Waals surface area contributed by atoms with E-state index < -0.39 is 30.9 Å². The van der Waals surface area contributed by atoms with Crippen LogP contribution in [-0.4, -0.2) is 25.1 Å². The van der Waals surface area contributed by atoms with Crippen LogP contribution >= 0.6 is 0 Å². The molecule has 5 nitrogen and oxygen atoms in total. The standard InChI is InChI=1S/C18H18FNO4/c1-12-6-7-16(13(2)8-12)20-17(21)10-24-18(22)11-23-15-5-3-4-14(19)9-15/h3-9H,10-11H2,1-2H3,(H,20,21). The predicted octanol–water partition coefficient (Wildman–Crippen LogP) is 3.00. The monoisotopic (exact) mass is 331 g/mol. The molecule has 0 saturated heterocycles. The lowest BCUT2D eigenvalue weighted by atomic mass is 10.1. The van der Waals surface area contributed by atoms with Crippen molar-refractivity contribution >= 4 is 17.6 Å². The molecule has 0 aromatic heterocycles. The van der Waals surface area contributed by atoms with Crippen molar-refractivity contribution in [2.75, 3.05) is 18.5 Å². The van der Waals surface area contributed by atoms with Crippen molar-refractivity contribution in [3.63, 3.8) is 0 Å². The summed E-state index contributed by atoms with van der Waals surface area (Å²) in [5.41, 5.74) is 2.67. The van der Waals surface area contributed by atoms with Gasteiger partial charge in [0.25, 0.3) is 5.91 Å². The molecule has 0 heterocycles. The normalized spacial score (nSPS) is 10.1. The Kier molecular flexibility index (Phi) is 5.89. The Bertz CT molecular complexity index is 746. The van der Waals surface area contributed by atoms with Gasteiger partial charge in [-0.1, -0.05) is 23.8 Å². The molecular weight excluding hydrogens is 313 g/mol. The van der Waals surface area contributed by atoms with E-state index in [-0.39, 0.29) is 5.75 Å². The average Bonchev–Trinajstić information content (AvgIpc) is 2.54. The minimum atomic E-state index is -0.713. The van der Waals surface area contributed by atoms with Gasteiger partial charge >= 0.3 is 5.97 Å². The molecule has 0 spiro atoms. The number of benzene rings is 2. The van der Waals surface area contributed by atoms with Crippen molar-refractivity contribution in [1.29, 1.82) is 0 Å². The van der Waals surface area contributed by atoms with Crippen molar-refractivity contribution in [3.8, 4) is 5.75 Å². The zero-order chi connectivity index (χ0) is 17.5. The number of halogens is 1. The third kappa shape index (κ3) is 5.39. The van der Waals surface area contributed by atoms with Crippen LogP contribution in [0.4, 0.5) is 10.1 Å². The van der Waals surface area contributed by atoms with Gasteiger partial charge in [-0.05, 0) is 37.6 Å². The van der Waals surface area contributed by atoms with Crippen LogP contribution in [-0.2, 0) is 14.3 Å². The molecule has 126 valence electrons. The Balaban J connectivity index is 1.75. The molecule has 0 atom stereocenters. The van der Waals surface area contributed by atoms with Crippen molar-refractivity contribution < 1.29 is 23.5 Å². The number of ether oxygens (including phenoxy) is 2. The van der Waals surface area contributed by atoms with E-state index >= 15 is 0 Å². The van der Waals surface area contributed by atoms with Gasteiger partial charge in [0.05, 0.1) is 0 Å². The fraction of sp³-hybridized carbons (Fsp3) is 0.222. The average molecular weight is 331 g/mol. The lowest BCUT2D eigenvalue weighted by Gasteiger charge is -2.10. The van der Waals surface area contributed by atoms with Crippen molar-refractivity contribution in [2.24, 2.45) is 0 Å². The van der Waals surface area contributed by atoms with Crippen molar-refractivity contribution in [2.45, 2.75) is 13.8 Å². The molecular formula is C18H18FNO4. The summed E-state index contributed by atoms with van der Waals surface area (Å²) in [5, 5.41) is 2.67. The third-order valence-electron chi connectivity index (χ3n) is 3.17. The maximum atomic E-state index is 13.0. The number of amides is 1. The SMILES string of the molecule is Cc1ccc(NC(=O)COC(=O)COc2cccc(F)c2)c(C)c1. The summed E-state index contributed by atoms with van der Waals surface area (Å²) >= 11 is 0. The molecule has 0 aliphatic heterocycles. The molecule has 0 unspecified atom stereocenters. The van der Waals surface area contributed by atoms with Crippen LogP contribution in [0.5, 0.6) is 5.75 Å². The molecule has 2 aromatic rings. The summed E-state index contributed by atoms with van der Waals surface area (Å²) in [6.45, 7) is 3.01. The van der Waals surface area contributed by atoms with Gasteiger partial charge in [0, 0.05) is 11.8 Å². The fourth-order valence-corrected chi connectivity index (χ4v) is 2.03. The second-order valence-corrected chi connectivity index (χ2v) is 5.27. The summed E-state index contributed by atoms with van der Waals surface area (Å²) in [5.74, 6) is -1.41. The summed E-state index contributed by atoms with van der Waals surface area (Å²) < 4.78 is 22.9. The number of anilines is 1. The van der Waals surface area contributed by atoms with Crippen molar-refractivity contribution in [1.82, 2.24) is 0 Å². The van der Waals surface area contributed by atoms with Gasteiger partial charge in [0.2, 0.25) is 0 Å². The summed E-state index contributed by atoms with van der Waals surface area (Å²) in [7, 11) is 0. The zero-order valence-electron chi connectivity index (χ0n) is 13.5. The number of carbonyl (C=O) groups excluding carboxylic acids is 2.